The summed E-state index contributed by atoms with van der Waals surface area (Å²) >= 11 is 6.69. The molecule has 1 heterocycles. The van der Waals surface area contributed by atoms with Crippen molar-refractivity contribution < 1.29 is 8.42 Å². The van der Waals surface area contributed by atoms with Crippen molar-refractivity contribution in [2.45, 2.75) is 24.3 Å². The van der Waals surface area contributed by atoms with Gasteiger partial charge in [0.1, 0.15) is 0 Å². The lowest BCUT2D eigenvalue weighted by atomic mass is 10.2. The van der Waals surface area contributed by atoms with Crippen molar-refractivity contribution in [2.75, 3.05) is 13.1 Å². The van der Waals surface area contributed by atoms with Crippen LogP contribution in [-0.4, -0.2) is 31.9 Å². The molecular formula is C11H14Br2N2O2S. The zero-order valence-electron chi connectivity index (χ0n) is 9.86. The van der Waals surface area contributed by atoms with Gasteiger partial charge in [0.05, 0.1) is 4.90 Å². The minimum atomic E-state index is -3.47. The number of halogens is 2. The highest BCUT2D eigenvalue weighted by atomic mass is 79.9. The Hall–Kier alpha value is 0.0500. The maximum atomic E-state index is 12.5. The molecule has 1 aromatic rings. The molecule has 2 N–H and O–H groups in total. The molecule has 2 rings (SSSR count). The molecule has 0 radical (unpaired) electrons. The molecule has 1 aromatic carbocycles. The molecule has 7 heteroatoms. The topological polar surface area (TPSA) is 63.4 Å². The summed E-state index contributed by atoms with van der Waals surface area (Å²) in [6.07, 6.45) is 0.712. The Morgan fingerprint density at radius 2 is 2.00 bits per heavy atom. The highest BCUT2D eigenvalue weighted by Crippen LogP contribution is 2.31. The summed E-state index contributed by atoms with van der Waals surface area (Å²) in [7, 11) is -3.47. The molecular weight excluding hydrogens is 384 g/mol. The van der Waals surface area contributed by atoms with Gasteiger partial charge in [0.25, 0.3) is 0 Å². The van der Waals surface area contributed by atoms with E-state index in [2.05, 4.69) is 31.9 Å². The Morgan fingerprint density at radius 1 is 1.33 bits per heavy atom. The summed E-state index contributed by atoms with van der Waals surface area (Å²) in [5.41, 5.74) is 6.75. The van der Waals surface area contributed by atoms with Gasteiger partial charge in [0, 0.05) is 28.1 Å². The van der Waals surface area contributed by atoms with Crippen molar-refractivity contribution in [3.8, 4) is 0 Å². The Labute approximate surface area is 124 Å². The van der Waals surface area contributed by atoms with E-state index in [1.165, 1.54) is 4.31 Å². The lowest BCUT2D eigenvalue weighted by molar-refractivity contribution is 0.472. The van der Waals surface area contributed by atoms with Crippen LogP contribution in [0.3, 0.4) is 0 Å². The van der Waals surface area contributed by atoms with Crippen LogP contribution in [0.2, 0.25) is 0 Å². The molecule has 1 aliphatic rings. The van der Waals surface area contributed by atoms with E-state index < -0.39 is 10.0 Å². The van der Waals surface area contributed by atoms with Crippen LogP contribution in [-0.2, 0) is 10.0 Å². The fourth-order valence-electron chi connectivity index (χ4n) is 1.94. The van der Waals surface area contributed by atoms with E-state index in [0.717, 1.165) is 10.0 Å². The first kappa shape index (κ1) is 14.5. The Morgan fingerprint density at radius 3 is 2.56 bits per heavy atom. The summed E-state index contributed by atoms with van der Waals surface area (Å²) in [6.45, 7) is 2.79. The third kappa shape index (κ3) is 2.65. The van der Waals surface area contributed by atoms with E-state index in [4.69, 9.17) is 5.73 Å². The summed E-state index contributed by atoms with van der Waals surface area (Å²) in [5, 5.41) is 0. The summed E-state index contributed by atoms with van der Waals surface area (Å²) in [4.78, 5) is 0.286. The number of sulfonamides is 1. The van der Waals surface area contributed by atoms with Gasteiger partial charge in [0.15, 0.2) is 0 Å². The number of aryl methyl sites for hydroxylation is 1. The second-order valence-corrected chi connectivity index (χ2v) is 8.06. The van der Waals surface area contributed by atoms with Crippen LogP contribution >= 0.6 is 31.9 Å². The van der Waals surface area contributed by atoms with Crippen molar-refractivity contribution in [3.63, 3.8) is 0 Å². The molecule has 18 heavy (non-hydrogen) atoms. The zero-order valence-corrected chi connectivity index (χ0v) is 13.8. The number of hydrogen-bond acceptors (Lipinski definition) is 3. The Bertz CT molecular complexity index is 575. The van der Waals surface area contributed by atoms with E-state index >= 15 is 0 Å². The summed E-state index contributed by atoms with van der Waals surface area (Å²) < 4.78 is 27.8. The van der Waals surface area contributed by atoms with Crippen LogP contribution in [0.4, 0.5) is 0 Å². The molecule has 4 nitrogen and oxygen atoms in total. The van der Waals surface area contributed by atoms with Gasteiger partial charge in [-0.15, -0.1) is 0 Å². The Kier molecular flexibility index (Phi) is 4.18. The van der Waals surface area contributed by atoms with Crippen molar-refractivity contribution >= 4 is 41.9 Å². The van der Waals surface area contributed by atoms with Gasteiger partial charge in [-0.1, -0.05) is 15.9 Å². The molecule has 1 atom stereocenters. The van der Waals surface area contributed by atoms with Crippen LogP contribution in [0.5, 0.6) is 0 Å². The van der Waals surface area contributed by atoms with Gasteiger partial charge < -0.3 is 5.73 Å². The molecule has 1 fully saturated rings. The van der Waals surface area contributed by atoms with Crippen LogP contribution in [0.25, 0.3) is 0 Å². The van der Waals surface area contributed by atoms with E-state index in [1.54, 1.807) is 12.1 Å². The van der Waals surface area contributed by atoms with Gasteiger partial charge in [-0.2, -0.15) is 4.31 Å². The molecule has 100 valence electrons. The first-order valence-electron chi connectivity index (χ1n) is 5.53. The fraction of sp³-hybridized carbons (Fsp3) is 0.455. The predicted molar refractivity (Wildman–Crippen MR) is 77.9 cm³/mol. The zero-order chi connectivity index (χ0) is 13.5. The van der Waals surface area contributed by atoms with Gasteiger partial charge in [-0.05, 0) is 47.0 Å². The first-order valence-corrected chi connectivity index (χ1v) is 8.56. The standard InChI is InChI=1S/C11H14Br2N2O2S/c1-7-4-10(13)11(5-9(7)12)18(16,17)15-3-2-8(14)6-15/h4-5,8H,2-3,6,14H2,1H3/t8-/m1/s1. The summed E-state index contributed by atoms with van der Waals surface area (Å²) in [6, 6.07) is 3.37. The number of nitrogens with two attached hydrogens (primary N) is 1. The van der Waals surface area contributed by atoms with Crippen LogP contribution in [0.15, 0.2) is 26.0 Å². The highest BCUT2D eigenvalue weighted by Gasteiger charge is 2.32. The average molecular weight is 398 g/mol. The van der Waals surface area contributed by atoms with Crippen molar-refractivity contribution in [1.82, 2.24) is 4.31 Å². The number of rotatable bonds is 2. The average Bonchev–Trinajstić information content (AvgIpc) is 2.70. The molecule has 0 aliphatic carbocycles. The Balaban J connectivity index is 2.45. The smallest absolute Gasteiger partial charge is 0.244 e. The second kappa shape index (κ2) is 5.20. The van der Waals surface area contributed by atoms with Crippen molar-refractivity contribution in [3.05, 3.63) is 26.6 Å². The van der Waals surface area contributed by atoms with Crippen LogP contribution < -0.4 is 5.73 Å². The number of benzene rings is 1. The fourth-order valence-corrected chi connectivity index (χ4v) is 5.09. The quantitative estimate of drug-likeness (QED) is 0.832. The van der Waals surface area contributed by atoms with Gasteiger partial charge in [0.2, 0.25) is 10.0 Å². The van der Waals surface area contributed by atoms with Gasteiger partial charge >= 0.3 is 0 Å². The van der Waals surface area contributed by atoms with E-state index in [9.17, 15) is 8.42 Å². The van der Waals surface area contributed by atoms with Gasteiger partial charge in [-0.3, -0.25) is 0 Å². The van der Waals surface area contributed by atoms with Crippen LogP contribution in [0.1, 0.15) is 12.0 Å². The molecule has 1 aliphatic heterocycles. The maximum absolute atomic E-state index is 12.5. The normalized spacial score (nSPS) is 21.4. The maximum Gasteiger partial charge on any atom is 0.244 e. The monoisotopic (exact) mass is 396 g/mol. The second-order valence-electron chi connectivity index (χ2n) is 4.44. The van der Waals surface area contributed by atoms with E-state index in [1.807, 2.05) is 6.92 Å². The number of hydrogen-bond donors (Lipinski definition) is 1. The molecule has 0 saturated carbocycles. The molecule has 0 bridgehead atoms. The lowest BCUT2D eigenvalue weighted by Gasteiger charge is -2.17. The van der Waals surface area contributed by atoms with E-state index in [0.29, 0.717) is 24.0 Å². The minimum absolute atomic E-state index is 0.0626. The predicted octanol–water partition coefficient (Wildman–Crippen LogP) is 2.24. The molecule has 1 saturated heterocycles. The minimum Gasteiger partial charge on any atom is -0.326 e. The van der Waals surface area contributed by atoms with Crippen LogP contribution in [0, 0.1) is 6.92 Å². The SMILES string of the molecule is Cc1cc(Br)c(S(=O)(=O)N2CC[C@@H](N)C2)cc1Br. The third-order valence-electron chi connectivity index (χ3n) is 3.02. The molecule has 0 unspecified atom stereocenters. The third-order valence-corrected chi connectivity index (χ3v) is 6.70. The van der Waals surface area contributed by atoms with Crippen molar-refractivity contribution in [2.24, 2.45) is 5.73 Å². The first-order chi connectivity index (χ1) is 8.32. The highest BCUT2D eigenvalue weighted by molar-refractivity contribution is 9.11. The largest absolute Gasteiger partial charge is 0.326 e. The number of nitrogens with zero attached hydrogens (tertiary/aromatic N) is 1. The summed E-state index contributed by atoms with van der Waals surface area (Å²) in [5.74, 6) is 0. The van der Waals surface area contributed by atoms with Gasteiger partial charge in [-0.25, -0.2) is 8.42 Å². The molecule has 0 amide bonds. The van der Waals surface area contributed by atoms with E-state index in [-0.39, 0.29) is 10.9 Å². The lowest BCUT2D eigenvalue weighted by Crippen LogP contribution is -2.32. The van der Waals surface area contributed by atoms with Crippen molar-refractivity contribution in [1.29, 1.82) is 0 Å². The molecule has 0 spiro atoms. The molecule has 0 aromatic heterocycles.